The van der Waals surface area contributed by atoms with Crippen molar-refractivity contribution in [1.29, 1.82) is 0 Å². The lowest BCUT2D eigenvalue weighted by Crippen LogP contribution is -2.36. The number of benzene rings is 3. The van der Waals surface area contributed by atoms with Crippen LogP contribution >= 0.6 is 27.7 Å². The fourth-order valence-electron chi connectivity index (χ4n) is 3.14. The summed E-state index contributed by atoms with van der Waals surface area (Å²) in [5.74, 6) is -0.880. The maximum absolute atomic E-state index is 13.8. The molecule has 3 aromatic rings. The number of halogens is 2. The maximum atomic E-state index is 13.8. The zero-order valence-corrected chi connectivity index (χ0v) is 20.1. The summed E-state index contributed by atoms with van der Waals surface area (Å²) >= 11 is 4.08. The van der Waals surface area contributed by atoms with E-state index in [1.54, 1.807) is 72.8 Å². The van der Waals surface area contributed by atoms with Gasteiger partial charge >= 0.3 is 0 Å². The molecule has 3 aromatic carbocycles. The third-order valence-electron chi connectivity index (χ3n) is 4.81. The summed E-state index contributed by atoms with van der Waals surface area (Å²) in [6, 6.07) is 20.2. The van der Waals surface area contributed by atoms with Crippen LogP contribution in [0.15, 0.2) is 82.2 Å². The van der Waals surface area contributed by atoms with Crippen LogP contribution in [0.25, 0.3) is 6.08 Å². The number of nitrogens with one attached hydrogen (secondary N) is 1. The number of imide groups is 1. The van der Waals surface area contributed by atoms with E-state index in [-0.39, 0.29) is 23.9 Å². The van der Waals surface area contributed by atoms with Crippen LogP contribution in [0.5, 0.6) is 5.75 Å². The molecule has 0 spiro atoms. The van der Waals surface area contributed by atoms with Gasteiger partial charge in [0.2, 0.25) is 5.91 Å². The molecule has 0 radical (unpaired) electrons. The van der Waals surface area contributed by atoms with Crippen LogP contribution in [0, 0.1) is 5.82 Å². The van der Waals surface area contributed by atoms with E-state index in [0.717, 1.165) is 21.1 Å². The van der Waals surface area contributed by atoms with Crippen molar-refractivity contribution in [3.63, 3.8) is 0 Å². The Morgan fingerprint density at radius 2 is 1.82 bits per heavy atom. The first-order valence-electron chi connectivity index (χ1n) is 10.2. The topological polar surface area (TPSA) is 75.7 Å². The molecule has 1 saturated heterocycles. The number of ether oxygens (including phenoxy) is 1. The van der Waals surface area contributed by atoms with Gasteiger partial charge < -0.3 is 10.1 Å². The summed E-state index contributed by atoms with van der Waals surface area (Å²) in [4.78, 5) is 38.5. The van der Waals surface area contributed by atoms with Gasteiger partial charge in [0.25, 0.3) is 11.1 Å². The predicted octanol–water partition coefficient (Wildman–Crippen LogP) is 5.84. The third kappa shape index (κ3) is 5.92. The molecule has 3 amide bonds. The second-order valence-electron chi connectivity index (χ2n) is 7.28. The van der Waals surface area contributed by atoms with E-state index in [2.05, 4.69) is 21.2 Å². The van der Waals surface area contributed by atoms with Gasteiger partial charge in [0.15, 0.2) is 0 Å². The molecular weight excluding hydrogens is 523 g/mol. The molecule has 9 heteroatoms. The molecule has 0 aromatic heterocycles. The van der Waals surface area contributed by atoms with Gasteiger partial charge in [-0.1, -0.05) is 46.3 Å². The second kappa shape index (κ2) is 10.7. The molecule has 172 valence electrons. The van der Waals surface area contributed by atoms with Crippen LogP contribution < -0.4 is 10.1 Å². The SMILES string of the molecule is O=C(CN1C(=O)S/C(=C/c2cccc(OCc3ccccc3F)c2)C1=O)Nc1ccc(Br)cc1. The standard InChI is InChI=1S/C25H18BrFN2O4S/c26-18-8-10-19(11-9-18)28-23(30)14-29-24(31)22(34-25(29)32)13-16-4-3-6-20(12-16)33-15-17-5-1-2-7-21(17)27/h1-13H,14-15H2,(H,28,30)/b22-13+. The molecule has 1 aliphatic heterocycles. The summed E-state index contributed by atoms with van der Waals surface area (Å²) in [6.45, 7) is -0.329. The Bertz CT molecular complexity index is 1280. The zero-order chi connectivity index (χ0) is 24.1. The van der Waals surface area contributed by atoms with E-state index < -0.39 is 17.1 Å². The second-order valence-corrected chi connectivity index (χ2v) is 9.18. The highest BCUT2D eigenvalue weighted by Crippen LogP contribution is 2.32. The fraction of sp³-hybridized carbons (Fsp3) is 0.0800. The summed E-state index contributed by atoms with van der Waals surface area (Å²) in [5.41, 5.74) is 1.62. The molecule has 1 N–H and O–H groups in total. The quantitative estimate of drug-likeness (QED) is 0.381. The van der Waals surface area contributed by atoms with E-state index in [0.29, 0.717) is 22.6 Å². The van der Waals surface area contributed by atoms with Gasteiger partial charge in [0.1, 0.15) is 24.7 Å². The van der Waals surface area contributed by atoms with Crippen molar-refractivity contribution < 1.29 is 23.5 Å². The molecule has 0 atom stereocenters. The molecule has 0 saturated carbocycles. The summed E-state index contributed by atoms with van der Waals surface area (Å²) in [7, 11) is 0. The normalized spacial score (nSPS) is 14.5. The minimum absolute atomic E-state index is 0.0557. The molecule has 1 fully saturated rings. The van der Waals surface area contributed by atoms with E-state index >= 15 is 0 Å². The van der Waals surface area contributed by atoms with E-state index in [1.807, 2.05) is 0 Å². The van der Waals surface area contributed by atoms with Gasteiger partial charge in [-0.25, -0.2) is 4.39 Å². The van der Waals surface area contributed by atoms with Crippen LogP contribution in [0.4, 0.5) is 14.9 Å². The van der Waals surface area contributed by atoms with E-state index in [1.165, 1.54) is 6.07 Å². The van der Waals surface area contributed by atoms with Gasteiger partial charge in [-0.2, -0.15) is 0 Å². The Morgan fingerprint density at radius 3 is 2.59 bits per heavy atom. The fourth-order valence-corrected chi connectivity index (χ4v) is 4.24. The average molecular weight is 541 g/mol. The molecule has 6 nitrogen and oxygen atoms in total. The van der Waals surface area contributed by atoms with Crippen molar-refractivity contribution >= 4 is 56.5 Å². The zero-order valence-electron chi connectivity index (χ0n) is 17.7. The van der Waals surface area contributed by atoms with Crippen molar-refractivity contribution in [2.75, 3.05) is 11.9 Å². The minimum atomic E-state index is -0.543. The Kier molecular flexibility index (Phi) is 7.44. The highest BCUT2D eigenvalue weighted by Gasteiger charge is 2.36. The number of carbonyl (C=O) groups excluding carboxylic acids is 3. The van der Waals surface area contributed by atoms with Crippen molar-refractivity contribution in [3.05, 3.63) is 99.1 Å². The van der Waals surface area contributed by atoms with Gasteiger partial charge in [-0.3, -0.25) is 19.3 Å². The number of rotatable bonds is 7. The first-order chi connectivity index (χ1) is 16.4. The monoisotopic (exact) mass is 540 g/mol. The highest BCUT2D eigenvalue weighted by molar-refractivity contribution is 9.10. The molecule has 1 aliphatic rings. The minimum Gasteiger partial charge on any atom is -0.489 e. The third-order valence-corrected chi connectivity index (χ3v) is 6.25. The number of thioether (sulfide) groups is 1. The van der Waals surface area contributed by atoms with Crippen LogP contribution in [-0.2, 0) is 16.2 Å². The predicted molar refractivity (Wildman–Crippen MR) is 133 cm³/mol. The molecule has 4 rings (SSSR count). The Labute approximate surface area is 207 Å². The number of hydrogen-bond donors (Lipinski definition) is 1. The van der Waals surface area contributed by atoms with Crippen molar-refractivity contribution in [2.24, 2.45) is 0 Å². The molecule has 0 bridgehead atoms. The van der Waals surface area contributed by atoms with Gasteiger partial charge in [-0.05, 0) is 65.9 Å². The van der Waals surface area contributed by atoms with Crippen molar-refractivity contribution in [2.45, 2.75) is 6.61 Å². The summed E-state index contributed by atoms with van der Waals surface area (Å²) < 4.78 is 20.3. The smallest absolute Gasteiger partial charge is 0.294 e. The number of nitrogens with zero attached hydrogens (tertiary/aromatic N) is 1. The number of hydrogen-bond acceptors (Lipinski definition) is 5. The molecule has 0 aliphatic carbocycles. The lowest BCUT2D eigenvalue weighted by molar-refractivity contribution is -0.127. The molecule has 1 heterocycles. The molecular formula is C25H18BrFN2O4S. The Hall–Kier alpha value is -3.43. The highest BCUT2D eigenvalue weighted by atomic mass is 79.9. The summed E-state index contributed by atoms with van der Waals surface area (Å²) in [5, 5.41) is 2.14. The summed E-state index contributed by atoms with van der Waals surface area (Å²) in [6.07, 6.45) is 1.56. The van der Waals surface area contributed by atoms with Gasteiger partial charge in [0.05, 0.1) is 4.91 Å². The van der Waals surface area contributed by atoms with Gasteiger partial charge in [0, 0.05) is 15.7 Å². The lowest BCUT2D eigenvalue weighted by atomic mass is 10.2. The molecule has 0 unspecified atom stereocenters. The number of carbonyl (C=O) groups is 3. The first-order valence-corrected chi connectivity index (χ1v) is 11.8. The largest absolute Gasteiger partial charge is 0.489 e. The number of anilines is 1. The van der Waals surface area contributed by atoms with E-state index in [4.69, 9.17) is 4.74 Å². The van der Waals surface area contributed by atoms with Gasteiger partial charge in [-0.15, -0.1) is 0 Å². The van der Waals surface area contributed by atoms with Crippen LogP contribution in [0.3, 0.4) is 0 Å². The van der Waals surface area contributed by atoms with Crippen LogP contribution in [-0.4, -0.2) is 28.5 Å². The number of amides is 3. The average Bonchev–Trinajstić information content (AvgIpc) is 3.07. The lowest BCUT2D eigenvalue weighted by Gasteiger charge is -2.12. The van der Waals surface area contributed by atoms with E-state index in [9.17, 15) is 18.8 Å². The van der Waals surface area contributed by atoms with Crippen molar-refractivity contribution in [1.82, 2.24) is 4.90 Å². The molecule has 34 heavy (non-hydrogen) atoms. The van der Waals surface area contributed by atoms with Crippen molar-refractivity contribution in [3.8, 4) is 5.75 Å². The Morgan fingerprint density at radius 1 is 1.06 bits per heavy atom. The Balaban J connectivity index is 1.40. The van der Waals surface area contributed by atoms with Crippen LogP contribution in [0.1, 0.15) is 11.1 Å². The first kappa shape index (κ1) is 23.7. The maximum Gasteiger partial charge on any atom is 0.294 e. The van der Waals surface area contributed by atoms with Crippen LogP contribution in [0.2, 0.25) is 0 Å².